The molecule has 1 fully saturated rings. The Morgan fingerprint density at radius 1 is 1.19 bits per heavy atom. The van der Waals surface area contributed by atoms with Crippen molar-refractivity contribution in [2.45, 2.75) is 18.9 Å². The van der Waals surface area contributed by atoms with Gasteiger partial charge in [0.15, 0.2) is 5.96 Å². The first kappa shape index (κ1) is 20.7. The molecule has 1 atom stereocenters. The summed E-state index contributed by atoms with van der Waals surface area (Å²) < 4.78 is 2.09. The van der Waals surface area contributed by atoms with Crippen LogP contribution in [0.5, 0.6) is 0 Å². The Kier molecular flexibility index (Phi) is 5.65. The van der Waals surface area contributed by atoms with E-state index in [-0.39, 0.29) is 11.9 Å². The summed E-state index contributed by atoms with van der Waals surface area (Å²) in [5.41, 5.74) is 15.7. The number of nitrogens with one attached hydrogen (secondary N) is 1. The summed E-state index contributed by atoms with van der Waals surface area (Å²) >= 11 is 1.99. The molecule has 1 unspecified atom stereocenters. The highest BCUT2D eigenvalue weighted by Crippen LogP contribution is 2.39. The van der Waals surface area contributed by atoms with Crippen LogP contribution in [0.15, 0.2) is 47.5 Å². The van der Waals surface area contributed by atoms with Crippen molar-refractivity contribution < 1.29 is 4.79 Å². The number of aromatic nitrogens is 2. The molecule has 166 valence electrons. The van der Waals surface area contributed by atoms with E-state index in [9.17, 15) is 4.79 Å². The van der Waals surface area contributed by atoms with Crippen LogP contribution < -0.4 is 21.7 Å². The number of carbonyl (C=O) groups is 1. The van der Waals surface area contributed by atoms with Crippen molar-refractivity contribution in [1.82, 2.24) is 9.55 Å². The summed E-state index contributed by atoms with van der Waals surface area (Å²) in [5.74, 6) is 3.11. The van der Waals surface area contributed by atoms with Gasteiger partial charge in [-0.2, -0.15) is 11.8 Å². The summed E-state index contributed by atoms with van der Waals surface area (Å²) in [6, 6.07) is 13.9. The number of fused-ring (bicyclic) bond motifs is 5. The van der Waals surface area contributed by atoms with Gasteiger partial charge in [0, 0.05) is 42.4 Å². The molecule has 2 aromatic carbocycles. The number of benzene rings is 2. The molecule has 1 amide bonds. The second-order valence-corrected chi connectivity index (χ2v) is 9.30. The fourth-order valence-corrected chi connectivity index (χ4v) is 5.38. The van der Waals surface area contributed by atoms with Crippen LogP contribution in [0.1, 0.15) is 18.9 Å². The number of anilines is 2. The maximum Gasteiger partial charge on any atom is 0.247 e. The van der Waals surface area contributed by atoms with Gasteiger partial charge in [-0.15, -0.1) is 0 Å². The maximum absolute atomic E-state index is 13.3. The van der Waals surface area contributed by atoms with Crippen LogP contribution in [0, 0.1) is 0 Å². The number of thioether (sulfide) groups is 1. The molecule has 0 spiro atoms. The summed E-state index contributed by atoms with van der Waals surface area (Å²) in [6.45, 7) is 2.54. The third-order valence-electron chi connectivity index (χ3n) is 6.02. The molecular formula is C23H27N7OS. The molecule has 2 aliphatic rings. The van der Waals surface area contributed by atoms with Crippen molar-refractivity contribution in [3.63, 3.8) is 0 Å². The van der Waals surface area contributed by atoms with Crippen molar-refractivity contribution in [3.05, 3.63) is 42.5 Å². The van der Waals surface area contributed by atoms with Gasteiger partial charge in [-0.05, 0) is 43.2 Å². The lowest BCUT2D eigenvalue weighted by Crippen LogP contribution is -2.32. The number of guanidine groups is 1. The molecule has 5 N–H and O–H groups in total. The van der Waals surface area contributed by atoms with Gasteiger partial charge in [-0.25, -0.2) is 4.98 Å². The number of hydrogen-bond acceptors (Lipinski definition) is 5. The molecule has 1 aromatic heterocycles. The fourth-order valence-electron chi connectivity index (χ4n) is 4.48. The van der Waals surface area contributed by atoms with Crippen LogP contribution in [0.2, 0.25) is 0 Å². The lowest BCUT2D eigenvalue weighted by molar-refractivity contribution is -0.119. The smallest absolute Gasteiger partial charge is 0.247 e. The molecular weight excluding hydrogens is 422 g/mol. The summed E-state index contributed by atoms with van der Waals surface area (Å²) in [4.78, 5) is 24.8. The molecule has 1 saturated heterocycles. The third kappa shape index (κ3) is 3.88. The van der Waals surface area contributed by atoms with Crippen molar-refractivity contribution in [3.8, 4) is 11.4 Å². The van der Waals surface area contributed by atoms with Crippen LogP contribution in [0.4, 0.5) is 11.4 Å². The third-order valence-corrected chi connectivity index (χ3v) is 6.96. The van der Waals surface area contributed by atoms with E-state index in [1.54, 1.807) is 0 Å². The van der Waals surface area contributed by atoms with Gasteiger partial charge in [0.25, 0.3) is 0 Å². The van der Waals surface area contributed by atoms with Crippen LogP contribution in [-0.4, -0.2) is 52.6 Å². The van der Waals surface area contributed by atoms with E-state index in [1.807, 2.05) is 42.1 Å². The van der Waals surface area contributed by atoms with Crippen molar-refractivity contribution >= 4 is 46.0 Å². The standard InChI is InChI=1S/C23H27N7OS/c24-23(25)26-9-3-6-20-22(31)28-17-8-7-15(29-10-12-32-13-11-29)14-16(17)21-27-18-4-1-2-5-19(18)30(20)21/h1-2,4-5,7-8,14,20H,3,6,9-13H2,(H,28,31)(H4,24,25,26). The summed E-state index contributed by atoms with van der Waals surface area (Å²) in [6.07, 6.45) is 1.30. The first-order valence-electron chi connectivity index (χ1n) is 10.9. The Balaban J connectivity index is 1.59. The van der Waals surface area contributed by atoms with Gasteiger partial charge < -0.3 is 26.3 Å². The number of rotatable bonds is 5. The zero-order valence-corrected chi connectivity index (χ0v) is 18.6. The van der Waals surface area contributed by atoms with Gasteiger partial charge in [0.2, 0.25) is 5.91 Å². The molecule has 3 aromatic rings. The SMILES string of the molecule is NC(N)=NCCCC1C(=O)Nc2ccc(N3CCSCC3)cc2-c2nc3ccccc3n21. The monoisotopic (exact) mass is 449 g/mol. The van der Waals surface area contributed by atoms with Gasteiger partial charge in [-0.1, -0.05) is 12.1 Å². The average molecular weight is 450 g/mol. The topological polar surface area (TPSA) is 115 Å². The van der Waals surface area contributed by atoms with E-state index in [0.717, 1.165) is 52.7 Å². The molecule has 9 heteroatoms. The average Bonchev–Trinajstić information content (AvgIpc) is 3.14. The Bertz CT molecular complexity index is 1180. The largest absolute Gasteiger partial charge is 0.370 e. The van der Waals surface area contributed by atoms with Crippen molar-refractivity contribution in [1.29, 1.82) is 0 Å². The van der Waals surface area contributed by atoms with Gasteiger partial charge in [0.05, 0.1) is 16.7 Å². The van der Waals surface area contributed by atoms with E-state index in [2.05, 4.69) is 31.9 Å². The Hall–Kier alpha value is -3.20. The molecule has 0 saturated carbocycles. The highest BCUT2D eigenvalue weighted by atomic mass is 32.2. The molecule has 0 aliphatic carbocycles. The number of imidazole rings is 1. The molecule has 0 radical (unpaired) electrons. The Labute approximate surface area is 191 Å². The van der Waals surface area contributed by atoms with E-state index in [1.165, 1.54) is 5.69 Å². The van der Waals surface area contributed by atoms with Crippen LogP contribution >= 0.6 is 11.8 Å². The predicted octanol–water partition coefficient (Wildman–Crippen LogP) is 2.80. The number of hydrogen-bond donors (Lipinski definition) is 3. The lowest BCUT2D eigenvalue weighted by Gasteiger charge is -2.29. The van der Waals surface area contributed by atoms with E-state index in [0.29, 0.717) is 19.4 Å². The molecule has 3 heterocycles. The van der Waals surface area contributed by atoms with E-state index in [4.69, 9.17) is 16.5 Å². The normalized spacial score (nSPS) is 17.9. The zero-order chi connectivity index (χ0) is 22.1. The molecule has 0 bridgehead atoms. The number of nitrogens with zero attached hydrogens (tertiary/aromatic N) is 4. The zero-order valence-electron chi connectivity index (χ0n) is 17.8. The lowest BCUT2D eigenvalue weighted by atomic mass is 10.1. The first-order valence-corrected chi connectivity index (χ1v) is 12.1. The molecule has 8 nitrogen and oxygen atoms in total. The number of amides is 1. The Morgan fingerprint density at radius 3 is 2.81 bits per heavy atom. The number of carbonyl (C=O) groups excluding carboxylic acids is 1. The number of para-hydroxylation sites is 2. The van der Waals surface area contributed by atoms with Crippen molar-refractivity contribution in [2.75, 3.05) is 41.4 Å². The van der Waals surface area contributed by atoms with Crippen LogP contribution in [0.25, 0.3) is 22.4 Å². The molecule has 2 aliphatic heterocycles. The van der Waals surface area contributed by atoms with E-state index >= 15 is 0 Å². The van der Waals surface area contributed by atoms with Crippen LogP contribution in [-0.2, 0) is 4.79 Å². The van der Waals surface area contributed by atoms with Crippen molar-refractivity contribution in [2.24, 2.45) is 16.5 Å². The second kappa shape index (κ2) is 8.74. The first-order chi connectivity index (χ1) is 15.6. The summed E-state index contributed by atoms with van der Waals surface area (Å²) in [5, 5.41) is 3.14. The summed E-state index contributed by atoms with van der Waals surface area (Å²) in [7, 11) is 0. The van der Waals surface area contributed by atoms with Gasteiger partial charge in [0.1, 0.15) is 11.9 Å². The highest BCUT2D eigenvalue weighted by Gasteiger charge is 2.31. The number of nitrogens with two attached hydrogens (primary N) is 2. The minimum absolute atomic E-state index is 0.0417. The quantitative estimate of drug-likeness (QED) is 0.313. The molecule has 32 heavy (non-hydrogen) atoms. The van der Waals surface area contributed by atoms with Gasteiger partial charge in [-0.3, -0.25) is 9.79 Å². The minimum Gasteiger partial charge on any atom is -0.370 e. The Morgan fingerprint density at radius 2 is 2.00 bits per heavy atom. The second-order valence-electron chi connectivity index (χ2n) is 8.08. The minimum atomic E-state index is -0.395. The maximum atomic E-state index is 13.3. The predicted molar refractivity (Wildman–Crippen MR) is 132 cm³/mol. The fraction of sp³-hybridized carbons (Fsp3) is 0.348. The highest BCUT2D eigenvalue weighted by molar-refractivity contribution is 7.99. The van der Waals surface area contributed by atoms with Crippen LogP contribution in [0.3, 0.4) is 0 Å². The molecule has 5 rings (SSSR count). The van der Waals surface area contributed by atoms with E-state index < -0.39 is 6.04 Å². The number of aliphatic imine (C=N–C) groups is 1. The van der Waals surface area contributed by atoms with Gasteiger partial charge >= 0.3 is 0 Å².